The van der Waals surface area contributed by atoms with E-state index in [1.165, 1.54) is 7.11 Å². The van der Waals surface area contributed by atoms with Gasteiger partial charge >= 0.3 is 12.1 Å². The normalized spacial score (nSPS) is 12.0. The van der Waals surface area contributed by atoms with Crippen molar-refractivity contribution in [1.82, 2.24) is 10.2 Å². The lowest BCUT2D eigenvalue weighted by Gasteiger charge is -2.36. The molecule has 0 rings (SSSR count). The zero-order valence-electron chi connectivity index (χ0n) is 15.1. The standard InChI is InChI=1S/C16H32N2O4/c1-15(2,3)18(14(20)22-16(4,5)6)12-11-17-10-8-9-13(19)21-7/h17H,8-12H2,1-7H3. The molecule has 0 atom stereocenters. The maximum absolute atomic E-state index is 12.3. The minimum Gasteiger partial charge on any atom is -0.469 e. The Morgan fingerprint density at radius 3 is 2.09 bits per heavy atom. The number of rotatable bonds is 7. The van der Waals surface area contributed by atoms with Gasteiger partial charge in [0.15, 0.2) is 0 Å². The number of carbonyl (C=O) groups excluding carboxylic acids is 2. The molecule has 0 radical (unpaired) electrons. The van der Waals surface area contributed by atoms with E-state index in [0.717, 1.165) is 0 Å². The first-order valence-corrected chi connectivity index (χ1v) is 7.75. The third-order valence-corrected chi connectivity index (χ3v) is 2.90. The van der Waals surface area contributed by atoms with Gasteiger partial charge in [0.1, 0.15) is 5.60 Å². The summed E-state index contributed by atoms with van der Waals surface area (Å²) in [5, 5.41) is 3.23. The van der Waals surface area contributed by atoms with E-state index in [-0.39, 0.29) is 17.6 Å². The van der Waals surface area contributed by atoms with Gasteiger partial charge in [-0.1, -0.05) is 0 Å². The molecule has 0 aliphatic carbocycles. The minimum absolute atomic E-state index is 0.202. The molecule has 0 bridgehead atoms. The second kappa shape index (κ2) is 8.98. The molecule has 0 aromatic carbocycles. The van der Waals surface area contributed by atoms with Crippen molar-refractivity contribution in [1.29, 1.82) is 0 Å². The average Bonchev–Trinajstić information content (AvgIpc) is 2.33. The zero-order valence-corrected chi connectivity index (χ0v) is 15.1. The summed E-state index contributed by atoms with van der Waals surface area (Å²) in [5.74, 6) is -0.202. The SMILES string of the molecule is COC(=O)CCCNCCN(C(=O)OC(C)(C)C)C(C)(C)C. The summed E-state index contributed by atoms with van der Waals surface area (Å²) >= 11 is 0. The predicted molar refractivity (Wildman–Crippen MR) is 86.8 cm³/mol. The van der Waals surface area contributed by atoms with E-state index < -0.39 is 5.60 Å². The van der Waals surface area contributed by atoms with Crippen molar-refractivity contribution in [3.05, 3.63) is 0 Å². The summed E-state index contributed by atoms with van der Waals surface area (Å²) in [6.45, 7) is 13.4. The summed E-state index contributed by atoms with van der Waals surface area (Å²) in [6, 6.07) is 0. The van der Waals surface area contributed by atoms with E-state index in [9.17, 15) is 9.59 Å². The lowest BCUT2D eigenvalue weighted by atomic mass is 10.1. The number of ether oxygens (including phenoxy) is 2. The second-order valence-corrected chi connectivity index (χ2v) is 7.23. The Balaban J connectivity index is 4.23. The zero-order chi connectivity index (χ0) is 17.4. The maximum atomic E-state index is 12.3. The molecule has 0 fully saturated rings. The second-order valence-electron chi connectivity index (χ2n) is 7.23. The van der Waals surface area contributed by atoms with Crippen LogP contribution < -0.4 is 5.32 Å². The van der Waals surface area contributed by atoms with Gasteiger partial charge in [-0.15, -0.1) is 0 Å². The Bertz CT molecular complexity index is 356. The molecule has 130 valence electrons. The van der Waals surface area contributed by atoms with Gasteiger partial charge in [-0.2, -0.15) is 0 Å². The fourth-order valence-electron chi connectivity index (χ4n) is 1.79. The van der Waals surface area contributed by atoms with Crippen LogP contribution in [0.15, 0.2) is 0 Å². The average molecular weight is 316 g/mol. The van der Waals surface area contributed by atoms with E-state index in [4.69, 9.17) is 4.74 Å². The molecular weight excluding hydrogens is 284 g/mol. The van der Waals surface area contributed by atoms with Crippen LogP contribution in [-0.4, -0.2) is 54.8 Å². The Morgan fingerprint density at radius 2 is 1.64 bits per heavy atom. The number of carbonyl (C=O) groups is 2. The van der Waals surface area contributed by atoms with Crippen LogP contribution in [0.4, 0.5) is 4.79 Å². The van der Waals surface area contributed by atoms with Crippen molar-refractivity contribution < 1.29 is 19.1 Å². The molecule has 1 N–H and O–H groups in total. The minimum atomic E-state index is -0.505. The van der Waals surface area contributed by atoms with E-state index in [2.05, 4.69) is 10.1 Å². The highest BCUT2D eigenvalue weighted by atomic mass is 16.6. The smallest absolute Gasteiger partial charge is 0.410 e. The van der Waals surface area contributed by atoms with Gasteiger partial charge in [-0.05, 0) is 54.5 Å². The molecule has 0 saturated heterocycles. The molecule has 1 amide bonds. The molecule has 0 saturated carbocycles. The third-order valence-electron chi connectivity index (χ3n) is 2.90. The summed E-state index contributed by atoms with van der Waals surface area (Å²) in [4.78, 5) is 25.0. The molecule has 0 aliphatic rings. The van der Waals surface area contributed by atoms with Gasteiger partial charge in [0, 0.05) is 25.0 Å². The van der Waals surface area contributed by atoms with Crippen LogP contribution in [0.5, 0.6) is 0 Å². The Hall–Kier alpha value is -1.30. The number of nitrogens with zero attached hydrogens (tertiary/aromatic N) is 1. The number of methoxy groups -OCH3 is 1. The number of hydrogen-bond acceptors (Lipinski definition) is 5. The van der Waals surface area contributed by atoms with Crippen LogP contribution in [0.1, 0.15) is 54.4 Å². The molecule has 6 nitrogen and oxygen atoms in total. The van der Waals surface area contributed by atoms with Gasteiger partial charge in [0.2, 0.25) is 0 Å². The molecule has 0 unspecified atom stereocenters. The molecular formula is C16H32N2O4. The fraction of sp³-hybridized carbons (Fsp3) is 0.875. The summed E-state index contributed by atoms with van der Waals surface area (Å²) in [7, 11) is 1.39. The molecule has 0 aromatic heterocycles. The van der Waals surface area contributed by atoms with Crippen molar-refractivity contribution >= 4 is 12.1 Å². The largest absolute Gasteiger partial charge is 0.469 e. The number of amides is 1. The third kappa shape index (κ3) is 9.60. The molecule has 0 aromatic rings. The molecule has 0 aliphatic heterocycles. The van der Waals surface area contributed by atoms with Crippen LogP contribution in [0, 0.1) is 0 Å². The molecule has 22 heavy (non-hydrogen) atoms. The van der Waals surface area contributed by atoms with Gasteiger partial charge in [-0.25, -0.2) is 4.79 Å². The summed E-state index contributed by atoms with van der Waals surface area (Å²) < 4.78 is 10.0. The van der Waals surface area contributed by atoms with Crippen molar-refractivity contribution in [2.24, 2.45) is 0 Å². The van der Waals surface area contributed by atoms with Gasteiger partial charge in [0.05, 0.1) is 7.11 Å². The number of esters is 1. The molecule has 0 spiro atoms. The van der Waals surface area contributed by atoms with Gasteiger partial charge in [-0.3, -0.25) is 4.79 Å². The quantitative estimate of drug-likeness (QED) is 0.577. The first-order valence-electron chi connectivity index (χ1n) is 7.75. The number of hydrogen-bond donors (Lipinski definition) is 1. The summed E-state index contributed by atoms with van der Waals surface area (Å²) in [5.41, 5.74) is -0.815. The van der Waals surface area contributed by atoms with Gasteiger partial charge < -0.3 is 19.7 Å². The summed E-state index contributed by atoms with van der Waals surface area (Å²) in [6.07, 6.45) is 0.809. The Kier molecular flexibility index (Phi) is 8.45. The van der Waals surface area contributed by atoms with Crippen LogP contribution in [0.3, 0.4) is 0 Å². The first kappa shape index (κ1) is 20.7. The van der Waals surface area contributed by atoms with E-state index >= 15 is 0 Å². The fourth-order valence-corrected chi connectivity index (χ4v) is 1.79. The van der Waals surface area contributed by atoms with Crippen molar-refractivity contribution in [2.45, 2.75) is 65.5 Å². The molecule has 0 heterocycles. The van der Waals surface area contributed by atoms with Crippen molar-refractivity contribution in [3.8, 4) is 0 Å². The van der Waals surface area contributed by atoms with Crippen LogP contribution in [-0.2, 0) is 14.3 Å². The Morgan fingerprint density at radius 1 is 1.05 bits per heavy atom. The topological polar surface area (TPSA) is 67.9 Å². The maximum Gasteiger partial charge on any atom is 0.410 e. The first-order chi connectivity index (χ1) is 9.97. The van der Waals surface area contributed by atoms with Crippen molar-refractivity contribution in [3.63, 3.8) is 0 Å². The van der Waals surface area contributed by atoms with Gasteiger partial charge in [0.25, 0.3) is 0 Å². The van der Waals surface area contributed by atoms with Crippen LogP contribution in [0.25, 0.3) is 0 Å². The van der Waals surface area contributed by atoms with Crippen LogP contribution in [0.2, 0.25) is 0 Å². The highest BCUT2D eigenvalue weighted by Gasteiger charge is 2.30. The highest BCUT2D eigenvalue weighted by Crippen LogP contribution is 2.17. The highest BCUT2D eigenvalue weighted by molar-refractivity contribution is 5.69. The van der Waals surface area contributed by atoms with E-state index in [0.29, 0.717) is 32.5 Å². The molecule has 6 heteroatoms. The lowest BCUT2D eigenvalue weighted by molar-refractivity contribution is -0.140. The van der Waals surface area contributed by atoms with Crippen LogP contribution >= 0.6 is 0 Å². The van der Waals surface area contributed by atoms with E-state index in [1.807, 2.05) is 41.5 Å². The lowest BCUT2D eigenvalue weighted by Crippen LogP contribution is -2.50. The Labute approximate surface area is 134 Å². The van der Waals surface area contributed by atoms with E-state index in [1.54, 1.807) is 4.90 Å². The number of nitrogens with one attached hydrogen (secondary N) is 1. The van der Waals surface area contributed by atoms with Crippen molar-refractivity contribution in [2.75, 3.05) is 26.7 Å². The predicted octanol–water partition coefficient (Wildman–Crippen LogP) is 2.56. The monoisotopic (exact) mass is 316 g/mol.